The topological polar surface area (TPSA) is 75.9 Å². The van der Waals surface area contributed by atoms with Gasteiger partial charge in [-0.1, -0.05) is 89.1 Å². The lowest BCUT2D eigenvalue weighted by Gasteiger charge is -2.29. The Labute approximate surface area is 338 Å². The number of fused-ring (bicyclic) bond motifs is 2. The highest BCUT2D eigenvalue weighted by atomic mass is 127. The van der Waals surface area contributed by atoms with Gasteiger partial charge in [0.2, 0.25) is 16.7 Å². The smallest absolute Gasteiger partial charge is 0.414 e. The van der Waals surface area contributed by atoms with Crippen LogP contribution in [0.5, 0.6) is 0 Å². The summed E-state index contributed by atoms with van der Waals surface area (Å²) in [6.45, 7) is 16.6. The number of carbonyl (C=O) groups is 2. The van der Waals surface area contributed by atoms with Crippen LogP contribution in [0.4, 0.5) is 21.0 Å². The summed E-state index contributed by atoms with van der Waals surface area (Å²) in [7, 11) is 0. The number of benzene rings is 3. The monoisotopic (exact) mass is 935 g/mol. The average molecular weight is 936 g/mol. The van der Waals surface area contributed by atoms with Crippen LogP contribution >= 0.6 is 45.2 Å². The normalized spacial score (nSPS) is 12.0. The van der Waals surface area contributed by atoms with Crippen molar-refractivity contribution in [3.05, 3.63) is 65.7 Å². The molecule has 0 saturated heterocycles. The number of anilines is 2. The largest absolute Gasteiger partial charge is 0.443 e. The highest BCUT2D eigenvalue weighted by Gasteiger charge is 2.30. The van der Waals surface area contributed by atoms with E-state index in [-0.39, 0.29) is 12.2 Å². The molecule has 0 aliphatic carbocycles. The van der Waals surface area contributed by atoms with E-state index in [0.29, 0.717) is 13.1 Å². The lowest BCUT2D eigenvalue weighted by atomic mass is 10.1. The van der Waals surface area contributed by atoms with E-state index in [1.165, 1.54) is 12.8 Å². The van der Waals surface area contributed by atoms with Gasteiger partial charge in [0, 0.05) is 37.4 Å². The number of alkyl halides is 2. The number of aromatic nitrogens is 2. The summed E-state index contributed by atoms with van der Waals surface area (Å²) in [5.41, 5.74) is 6.53. The predicted octanol–water partition coefficient (Wildman–Crippen LogP) is 11.8. The third-order valence-electron chi connectivity index (χ3n) is 8.66. The molecule has 0 N–H and O–H groups in total. The quantitative estimate of drug-likeness (QED) is 0.0390. The number of para-hydroxylation sites is 1. The summed E-state index contributed by atoms with van der Waals surface area (Å²) in [6.07, 6.45) is 7.73. The molecular formula is C42H57I2N4O4+. The number of amides is 2. The maximum absolute atomic E-state index is 13.8. The molecule has 3 aromatic carbocycles. The summed E-state index contributed by atoms with van der Waals surface area (Å²) in [6, 6.07) is 18.5. The molecule has 52 heavy (non-hydrogen) atoms. The molecule has 0 aliphatic heterocycles. The van der Waals surface area contributed by atoms with Gasteiger partial charge in [0.05, 0.1) is 11.4 Å². The van der Waals surface area contributed by atoms with Gasteiger partial charge in [0.15, 0.2) is 0 Å². The summed E-state index contributed by atoms with van der Waals surface area (Å²) < 4.78 is 16.4. The maximum Gasteiger partial charge on any atom is 0.414 e. The zero-order valence-corrected chi connectivity index (χ0v) is 36.7. The number of nitrogens with zero attached hydrogens (tertiary/aromatic N) is 4. The van der Waals surface area contributed by atoms with Crippen LogP contribution < -0.4 is 14.4 Å². The summed E-state index contributed by atoms with van der Waals surface area (Å²) in [5, 5.41) is 0. The van der Waals surface area contributed by atoms with Crippen molar-refractivity contribution in [1.82, 2.24) is 4.98 Å². The van der Waals surface area contributed by atoms with Crippen molar-refractivity contribution >= 4 is 90.8 Å². The molecule has 0 radical (unpaired) electrons. The van der Waals surface area contributed by atoms with Crippen molar-refractivity contribution in [2.45, 2.75) is 118 Å². The van der Waals surface area contributed by atoms with E-state index in [1.807, 2.05) is 73.6 Å². The average Bonchev–Trinajstić information content (AvgIpc) is 3.06. The first-order valence-electron chi connectivity index (χ1n) is 18.6. The Morgan fingerprint density at radius 3 is 1.42 bits per heavy atom. The van der Waals surface area contributed by atoms with Crippen LogP contribution in [0.25, 0.3) is 27.8 Å². The molecule has 4 rings (SSSR count). The molecule has 0 saturated carbocycles. The number of ether oxygens (including phenoxy) is 2. The van der Waals surface area contributed by atoms with E-state index in [4.69, 9.17) is 14.5 Å². The van der Waals surface area contributed by atoms with E-state index in [9.17, 15) is 9.59 Å². The Kier molecular flexibility index (Phi) is 15.4. The van der Waals surface area contributed by atoms with E-state index >= 15 is 0 Å². The summed E-state index contributed by atoms with van der Waals surface area (Å²) >= 11 is 4.84. The second-order valence-electron chi connectivity index (χ2n) is 15.5. The van der Waals surface area contributed by atoms with Gasteiger partial charge in [-0.3, -0.25) is 9.80 Å². The van der Waals surface area contributed by atoms with Crippen LogP contribution in [0.2, 0.25) is 0 Å². The van der Waals surface area contributed by atoms with Crippen molar-refractivity contribution in [2.75, 3.05) is 31.7 Å². The lowest BCUT2D eigenvalue weighted by Crippen LogP contribution is -2.39. The Hall–Kier alpha value is -2.74. The molecule has 0 aliphatic rings. The minimum Gasteiger partial charge on any atom is -0.443 e. The first kappa shape index (κ1) is 42.0. The molecule has 1 aromatic heterocycles. The zero-order valence-electron chi connectivity index (χ0n) is 32.4. The van der Waals surface area contributed by atoms with Crippen LogP contribution in [0, 0.1) is 13.8 Å². The van der Waals surface area contributed by atoms with Crippen molar-refractivity contribution < 1.29 is 23.6 Å². The van der Waals surface area contributed by atoms with Gasteiger partial charge in [-0.2, -0.15) is 0 Å². The highest BCUT2D eigenvalue weighted by molar-refractivity contribution is 14.1. The van der Waals surface area contributed by atoms with E-state index in [2.05, 4.69) is 86.1 Å². The minimum absolute atomic E-state index is 0.353. The second-order valence-corrected chi connectivity index (χ2v) is 17.7. The van der Waals surface area contributed by atoms with Gasteiger partial charge in [-0.15, -0.1) is 4.57 Å². The van der Waals surface area contributed by atoms with Crippen molar-refractivity contribution in [2.24, 2.45) is 0 Å². The molecule has 4 aromatic rings. The Balaban J connectivity index is 1.94. The molecule has 282 valence electrons. The molecule has 2 amide bonds. The Bertz CT molecular complexity index is 1710. The molecule has 0 atom stereocenters. The van der Waals surface area contributed by atoms with Gasteiger partial charge in [-0.05, 0) is 113 Å². The lowest BCUT2D eigenvalue weighted by molar-refractivity contribution is -0.538. The number of unbranched alkanes of at least 4 members (excludes halogenated alkanes) is 6. The maximum atomic E-state index is 13.8. The number of rotatable bonds is 15. The fourth-order valence-electron chi connectivity index (χ4n) is 6.26. The highest BCUT2D eigenvalue weighted by Crippen LogP contribution is 2.32. The third-order valence-corrected chi connectivity index (χ3v) is 10.2. The van der Waals surface area contributed by atoms with Crippen LogP contribution in [0.3, 0.4) is 0 Å². The summed E-state index contributed by atoms with van der Waals surface area (Å²) in [4.78, 5) is 36.5. The molecule has 8 nitrogen and oxygen atoms in total. The number of halogens is 2. The van der Waals surface area contributed by atoms with Gasteiger partial charge in [0.1, 0.15) is 22.2 Å². The molecule has 0 fully saturated rings. The first-order valence-corrected chi connectivity index (χ1v) is 21.7. The number of hydrogen-bond donors (Lipinski definition) is 0. The first-order chi connectivity index (χ1) is 24.6. The molecule has 0 unspecified atom stereocenters. The molecular weight excluding hydrogens is 878 g/mol. The fraction of sp³-hybridized carbons (Fsp3) is 0.524. The molecule has 0 spiro atoms. The van der Waals surface area contributed by atoms with Crippen molar-refractivity contribution in [3.8, 4) is 5.69 Å². The van der Waals surface area contributed by atoms with Gasteiger partial charge >= 0.3 is 12.2 Å². The zero-order chi connectivity index (χ0) is 38.1. The molecule has 1 heterocycles. The number of hydrogen-bond acceptors (Lipinski definition) is 5. The third kappa shape index (κ3) is 11.6. The molecule has 0 bridgehead atoms. The van der Waals surface area contributed by atoms with Gasteiger partial charge < -0.3 is 9.47 Å². The Morgan fingerprint density at radius 1 is 0.635 bits per heavy atom. The van der Waals surface area contributed by atoms with Crippen LogP contribution in [0.1, 0.15) is 104 Å². The fourth-order valence-corrected chi connectivity index (χ4v) is 7.34. The predicted molar refractivity (Wildman–Crippen MR) is 232 cm³/mol. The van der Waals surface area contributed by atoms with Gasteiger partial charge in [0.25, 0.3) is 0 Å². The number of carbonyl (C=O) groups excluding carboxylic acids is 2. The van der Waals surface area contributed by atoms with Crippen molar-refractivity contribution in [1.29, 1.82) is 0 Å². The van der Waals surface area contributed by atoms with Crippen LogP contribution in [-0.4, -0.2) is 50.3 Å². The van der Waals surface area contributed by atoms with Crippen LogP contribution in [-0.2, 0) is 9.47 Å². The molecule has 10 heteroatoms. The number of aryl methyl sites for hydroxylation is 2. The van der Waals surface area contributed by atoms with Crippen LogP contribution in [0.15, 0.2) is 54.6 Å². The van der Waals surface area contributed by atoms with E-state index in [0.717, 1.165) is 97.6 Å². The van der Waals surface area contributed by atoms with E-state index in [1.54, 1.807) is 9.80 Å². The minimum atomic E-state index is -0.632. The van der Waals surface area contributed by atoms with Gasteiger partial charge in [-0.25, -0.2) is 14.6 Å². The van der Waals surface area contributed by atoms with E-state index < -0.39 is 11.2 Å². The Morgan fingerprint density at radius 2 is 1.04 bits per heavy atom. The second kappa shape index (κ2) is 19.0. The standard InChI is InChI=1S/C42H57I2N4O4/c1-30-26-33-37(28-35(30)46(24-18-11-9-16-22-43)39(49)51-41(3,4)5)48(32-20-14-13-15-21-32)38-29-36(31(2)27-34(38)45-33)47(25-19-12-10-17-23-44)40(50)52-42(6,7)8/h13-15,20-21,26-29H,9-12,16-19,22-25H2,1-8H3/q+1. The van der Waals surface area contributed by atoms with Crippen molar-refractivity contribution in [3.63, 3.8) is 0 Å². The SMILES string of the molecule is Cc1cc2nc3cc(C)c(N(CCCCCCI)C(=O)OC(C)(C)C)cc3[n+](-c3ccccc3)c2cc1N(CCCCCCI)C(=O)OC(C)(C)C. The summed E-state index contributed by atoms with van der Waals surface area (Å²) in [5.74, 6) is 0.